The van der Waals surface area contributed by atoms with Gasteiger partial charge in [0.2, 0.25) is 0 Å². The molecule has 1 aliphatic carbocycles. The van der Waals surface area contributed by atoms with Crippen LogP contribution in [0, 0.1) is 12.8 Å². The quantitative estimate of drug-likeness (QED) is 0.917. The zero-order chi connectivity index (χ0) is 16.3. The van der Waals surface area contributed by atoms with Crippen LogP contribution >= 0.6 is 11.3 Å². The lowest BCUT2D eigenvalue weighted by Crippen LogP contribution is -2.42. The van der Waals surface area contributed by atoms with Gasteiger partial charge in [0.25, 0.3) is 0 Å². The molecule has 0 aromatic carbocycles. The minimum atomic E-state index is -0.311. The van der Waals surface area contributed by atoms with Gasteiger partial charge in [0, 0.05) is 36.2 Å². The highest BCUT2D eigenvalue weighted by Gasteiger charge is 2.40. The van der Waals surface area contributed by atoms with Crippen LogP contribution in [0.3, 0.4) is 0 Å². The Kier molecular flexibility index (Phi) is 5.24. The largest absolute Gasteiger partial charge is 0.348 e. The van der Waals surface area contributed by atoms with Crippen molar-refractivity contribution in [1.29, 1.82) is 0 Å². The van der Waals surface area contributed by atoms with Crippen LogP contribution in [0.2, 0.25) is 0 Å². The molecule has 1 saturated carbocycles. The summed E-state index contributed by atoms with van der Waals surface area (Å²) in [6.45, 7) is 4.92. The van der Waals surface area contributed by atoms with E-state index in [-0.39, 0.29) is 11.8 Å². The molecule has 0 bridgehead atoms. The highest BCUT2D eigenvalue weighted by atomic mass is 32.1. The fourth-order valence-electron chi connectivity index (χ4n) is 3.35. The number of carbonyl (C=O) groups is 1. The van der Waals surface area contributed by atoms with Gasteiger partial charge < -0.3 is 19.7 Å². The Balaban J connectivity index is 1.39. The molecule has 1 aromatic rings. The van der Waals surface area contributed by atoms with Crippen molar-refractivity contribution < 1.29 is 14.3 Å². The maximum absolute atomic E-state index is 12.2. The van der Waals surface area contributed by atoms with Crippen LogP contribution in [0.25, 0.3) is 0 Å². The first-order valence-electron chi connectivity index (χ1n) is 8.38. The molecule has 1 spiro atoms. The number of ether oxygens (including phenoxy) is 2. The number of nitrogens with one attached hydrogen (secondary N) is 1. The molecule has 2 amide bonds. The highest BCUT2D eigenvalue weighted by Crippen LogP contribution is 2.37. The van der Waals surface area contributed by atoms with Crippen LogP contribution in [0.15, 0.2) is 12.1 Å². The second kappa shape index (κ2) is 7.20. The molecule has 1 N–H and O–H groups in total. The minimum absolute atomic E-state index is 0.00436. The summed E-state index contributed by atoms with van der Waals surface area (Å²) in [7, 11) is 1.85. The fraction of sp³-hybridized carbons (Fsp3) is 0.706. The lowest BCUT2D eigenvalue weighted by atomic mass is 9.85. The molecule has 2 heterocycles. The van der Waals surface area contributed by atoms with Crippen molar-refractivity contribution in [2.45, 2.75) is 44.9 Å². The average Bonchev–Trinajstić information content (AvgIpc) is 3.16. The van der Waals surface area contributed by atoms with E-state index in [0.29, 0.717) is 25.7 Å². The van der Waals surface area contributed by atoms with Gasteiger partial charge in [-0.2, -0.15) is 0 Å². The van der Waals surface area contributed by atoms with Crippen molar-refractivity contribution in [3.8, 4) is 0 Å². The standard InChI is InChI=1S/C17H26N2O3S/c1-13-3-4-15(23-13)12-19(2)16(20)18-11-14-5-7-17(8-6-14)21-9-10-22-17/h3-4,14H,5-12H2,1-2H3,(H,18,20). The van der Waals surface area contributed by atoms with E-state index in [0.717, 1.165) is 32.2 Å². The van der Waals surface area contributed by atoms with Crippen LogP contribution in [-0.2, 0) is 16.0 Å². The van der Waals surface area contributed by atoms with Gasteiger partial charge in [-0.25, -0.2) is 4.79 Å². The molecule has 5 nitrogen and oxygen atoms in total. The Morgan fingerprint density at radius 3 is 2.65 bits per heavy atom. The Hall–Kier alpha value is -1.11. The molecule has 0 unspecified atom stereocenters. The average molecular weight is 338 g/mol. The van der Waals surface area contributed by atoms with Gasteiger partial charge in [-0.3, -0.25) is 0 Å². The number of amides is 2. The minimum Gasteiger partial charge on any atom is -0.348 e. The van der Waals surface area contributed by atoms with E-state index in [9.17, 15) is 4.79 Å². The summed E-state index contributed by atoms with van der Waals surface area (Å²) in [6.07, 6.45) is 3.98. The molecular weight excluding hydrogens is 312 g/mol. The summed E-state index contributed by atoms with van der Waals surface area (Å²) < 4.78 is 11.5. The lowest BCUT2D eigenvalue weighted by Gasteiger charge is -2.35. The maximum atomic E-state index is 12.2. The molecule has 23 heavy (non-hydrogen) atoms. The van der Waals surface area contributed by atoms with Crippen LogP contribution < -0.4 is 5.32 Å². The summed E-state index contributed by atoms with van der Waals surface area (Å²) in [4.78, 5) is 16.5. The third kappa shape index (κ3) is 4.25. The van der Waals surface area contributed by atoms with E-state index in [1.165, 1.54) is 9.75 Å². The van der Waals surface area contributed by atoms with Crippen LogP contribution in [0.5, 0.6) is 0 Å². The van der Waals surface area contributed by atoms with E-state index >= 15 is 0 Å². The molecule has 1 aromatic heterocycles. The number of carbonyl (C=O) groups excluding carboxylic acids is 1. The molecule has 6 heteroatoms. The first-order valence-corrected chi connectivity index (χ1v) is 9.20. The zero-order valence-corrected chi connectivity index (χ0v) is 14.8. The fourth-order valence-corrected chi connectivity index (χ4v) is 4.29. The van der Waals surface area contributed by atoms with Crippen molar-refractivity contribution in [2.75, 3.05) is 26.8 Å². The van der Waals surface area contributed by atoms with E-state index in [2.05, 4.69) is 24.4 Å². The van der Waals surface area contributed by atoms with Gasteiger partial charge in [0.05, 0.1) is 19.8 Å². The summed E-state index contributed by atoms with van der Waals surface area (Å²) >= 11 is 1.74. The Bertz CT molecular complexity index is 530. The maximum Gasteiger partial charge on any atom is 0.317 e. The zero-order valence-electron chi connectivity index (χ0n) is 14.0. The lowest BCUT2D eigenvalue weighted by molar-refractivity contribution is -0.182. The Labute approximate surface area is 142 Å². The smallest absolute Gasteiger partial charge is 0.317 e. The summed E-state index contributed by atoms with van der Waals surface area (Å²) in [5, 5.41) is 3.07. The first-order chi connectivity index (χ1) is 11.1. The molecule has 3 rings (SSSR count). The molecule has 2 aliphatic rings. The Morgan fingerprint density at radius 2 is 2.04 bits per heavy atom. The first kappa shape index (κ1) is 16.7. The molecule has 0 radical (unpaired) electrons. The van der Waals surface area contributed by atoms with Gasteiger partial charge in [-0.15, -0.1) is 11.3 Å². The van der Waals surface area contributed by atoms with Crippen LogP contribution in [0.1, 0.15) is 35.4 Å². The molecule has 1 aliphatic heterocycles. The van der Waals surface area contributed by atoms with Crippen molar-refractivity contribution in [1.82, 2.24) is 10.2 Å². The molecule has 2 fully saturated rings. The van der Waals surface area contributed by atoms with E-state index < -0.39 is 0 Å². The van der Waals surface area contributed by atoms with Crippen LogP contribution in [0.4, 0.5) is 4.79 Å². The van der Waals surface area contributed by atoms with Crippen molar-refractivity contribution >= 4 is 17.4 Å². The number of thiophene rings is 1. The van der Waals surface area contributed by atoms with Gasteiger partial charge in [-0.1, -0.05) is 0 Å². The van der Waals surface area contributed by atoms with Crippen molar-refractivity contribution in [3.05, 3.63) is 21.9 Å². The summed E-state index contributed by atoms with van der Waals surface area (Å²) in [6, 6.07) is 4.19. The van der Waals surface area contributed by atoms with Gasteiger partial charge in [-0.05, 0) is 37.8 Å². The molecule has 1 saturated heterocycles. The number of urea groups is 1. The normalized spacial score (nSPS) is 20.8. The van der Waals surface area contributed by atoms with E-state index in [1.807, 2.05) is 7.05 Å². The number of nitrogens with zero attached hydrogens (tertiary/aromatic N) is 1. The second-order valence-electron chi connectivity index (χ2n) is 6.61. The van der Waals surface area contributed by atoms with Crippen molar-refractivity contribution in [3.63, 3.8) is 0 Å². The molecule has 128 valence electrons. The number of rotatable bonds is 4. The highest BCUT2D eigenvalue weighted by molar-refractivity contribution is 7.11. The predicted molar refractivity (Wildman–Crippen MR) is 90.5 cm³/mol. The SMILES string of the molecule is Cc1ccc(CN(C)C(=O)NCC2CCC3(CC2)OCCO3)s1. The number of aryl methyl sites for hydroxylation is 1. The van der Waals surface area contributed by atoms with Crippen LogP contribution in [-0.4, -0.2) is 43.5 Å². The second-order valence-corrected chi connectivity index (χ2v) is 7.98. The van der Waals surface area contributed by atoms with Crippen molar-refractivity contribution in [2.24, 2.45) is 5.92 Å². The molecule has 0 atom stereocenters. The topological polar surface area (TPSA) is 50.8 Å². The van der Waals surface area contributed by atoms with E-state index in [4.69, 9.17) is 9.47 Å². The summed E-state index contributed by atoms with van der Waals surface area (Å²) in [5.41, 5.74) is 0. The van der Waals surface area contributed by atoms with Gasteiger partial charge in [0.1, 0.15) is 0 Å². The molecular formula is C17H26N2O3S. The van der Waals surface area contributed by atoms with E-state index in [1.54, 1.807) is 16.2 Å². The number of hydrogen-bond acceptors (Lipinski definition) is 4. The van der Waals surface area contributed by atoms with Gasteiger partial charge >= 0.3 is 6.03 Å². The Morgan fingerprint density at radius 1 is 1.35 bits per heavy atom. The third-order valence-electron chi connectivity index (χ3n) is 4.76. The third-order valence-corrected chi connectivity index (χ3v) is 5.74. The summed E-state index contributed by atoms with van der Waals surface area (Å²) in [5.74, 6) is 0.212. The van der Waals surface area contributed by atoms with Gasteiger partial charge in [0.15, 0.2) is 5.79 Å². The predicted octanol–water partition coefficient (Wildman–Crippen LogP) is 3.13. The number of hydrogen-bond donors (Lipinski definition) is 1. The monoisotopic (exact) mass is 338 g/mol.